The molecule has 5 nitrogen and oxygen atoms in total. The number of aromatic nitrogens is 2. The molecule has 0 amide bonds. The Morgan fingerprint density at radius 2 is 1.84 bits per heavy atom. The van der Waals surface area contributed by atoms with Crippen LogP contribution in [0.5, 0.6) is 5.75 Å². The maximum atomic E-state index is 12.4. The van der Waals surface area contributed by atoms with E-state index >= 15 is 0 Å². The highest BCUT2D eigenvalue weighted by atomic mass is 35.5. The molecular formula is C16H17ClF3N3O2. The molecule has 1 aromatic carbocycles. The van der Waals surface area contributed by atoms with Crippen LogP contribution in [0.3, 0.4) is 0 Å². The Kier molecular flexibility index (Phi) is 5.74. The van der Waals surface area contributed by atoms with Gasteiger partial charge in [-0.2, -0.15) is 4.98 Å². The molecule has 0 radical (unpaired) electrons. The van der Waals surface area contributed by atoms with Gasteiger partial charge in [-0.15, -0.1) is 25.6 Å². The van der Waals surface area contributed by atoms with Gasteiger partial charge < -0.3 is 15.0 Å². The van der Waals surface area contributed by atoms with E-state index in [0.717, 1.165) is 25.7 Å². The van der Waals surface area contributed by atoms with E-state index in [1.165, 1.54) is 30.4 Å². The summed E-state index contributed by atoms with van der Waals surface area (Å²) in [5.74, 6) is 0.315. The standard InChI is InChI=1S/C16H16F3N3O2.ClH/c17-16(18,19)23-12-6-2-1-5-11(12)7-8-13-21-14(22-24-13)15(20)9-3-4-10-15;/h1-2,5-8H,3-4,9-10,20H2;1H/b8-7+;. The molecule has 25 heavy (non-hydrogen) atoms. The molecule has 0 aliphatic heterocycles. The second-order valence-electron chi connectivity index (χ2n) is 5.74. The molecule has 136 valence electrons. The number of halogens is 4. The fourth-order valence-electron chi connectivity index (χ4n) is 2.73. The van der Waals surface area contributed by atoms with Gasteiger partial charge in [0.15, 0.2) is 5.82 Å². The minimum absolute atomic E-state index is 0. The number of nitrogens with zero attached hydrogens (tertiary/aromatic N) is 2. The normalized spacial score (nSPS) is 16.8. The van der Waals surface area contributed by atoms with Crippen LogP contribution >= 0.6 is 12.4 Å². The zero-order valence-electron chi connectivity index (χ0n) is 13.1. The van der Waals surface area contributed by atoms with Crippen molar-refractivity contribution in [3.05, 3.63) is 41.5 Å². The smallest absolute Gasteiger partial charge is 0.405 e. The Hall–Kier alpha value is -2.06. The number of para-hydroxylation sites is 1. The summed E-state index contributed by atoms with van der Waals surface area (Å²) in [7, 11) is 0. The second-order valence-corrected chi connectivity index (χ2v) is 5.74. The summed E-state index contributed by atoms with van der Waals surface area (Å²) in [6.07, 6.45) is 1.71. The summed E-state index contributed by atoms with van der Waals surface area (Å²) in [6, 6.07) is 5.80. The zero-order valence-corrected chi connectivity index (χ0v) is 13.9. The van der Waals surface area contributed by atoms with Gasteiger partial charge in [-0.25, -0.2) is 0 Å². The van der Waals surface area contributed by atoms with E-state index < -0.39 is 11.9 Å². The summed E-state index contributed by atoms with van der Waals surface area (Å²) < 4.78 is 46.3. The van der Waals surface area contributed by atoms with Crippen LogP contribution in [0.1, 0.15) is 43.0 Å². The van der Waals surface area contributed by atoms with Crippen LogP contribution in [-0.2, 0) is 5.54 Å². The molecule has 2 aromatic rings. The fourth-order valence-corrected chi connectivity index (χ4v) is 2.73. The number of alkyl halides is 3. The zero-order chi connectivity index (χ0) is 17.2. The average molecular weight is 376 g/mol. The first-order chi connectivity index (χ1) is 11.4. The number of hydrogen-bond donors (Lipinski definition) is 1. The minimum atomic E-state index is -4.75. The molecule has 0 spiro atoms. The average Bonchev–Trinajstić information content (AvgIpc) is 3.15. The van der Waals surface area contributed by atoms with Crippen LogP contribution in [0.15, 0.2) is 28.8 Å². The Morgan fingerprint density at radius 3 is 2.52 bits per heavy atom. The summed E-state index contributed by atoms with van der Waals surface area (Å²) >= 11 is 0. The predicted octanol–water partition coefficient (Wildman–Crippen LogP) is 4.29. The molecule has 1 aliphatic rings. The van der Waals surface area contributed by atoms with Crippen molar-refractivity contribution in [3.63, 3.8) is 0 Å². The van der Waals surface area contributed by atoms with Crippen LogP contribution in [0.25, 0.3) is 12.2 Å². The van der Waals surface area contributed by atoms with E-state index in [2.05, 4.69) is 14.9 Å². The second kappa shape index (κ2) is 7.45. The molecule has 1 aliphatic carbocycles. The van der Waals surface area contributed by atoms with Gasteiger partial charge in [0.05, 0.1) is 5.54 Å². The first-order valence-electron chi connectivity index (χ1n) is 7.52. The van der Waals surface area contributed by atoms with E-state index in [9.17, 15) is 13.2 Å². The Morgan fingerprint density at radius 1 is 1.16 bits per heavy atom. The highest BCUT2D eigenvalue weighted by Crippen LogP contribution is 2.34. The molecule has 3 rings (SSSR count). The SMILES string of the molecule is Cl.NC1(c2noc(/C=C/c3ccccc3OC(F)(F)F)n2)CCCC1. The van der Waals surface area contributed by atoms with Gasteiger partial charge in [-0.1, -0.05) is 36.2 Å². The topological polar surface area (TPSA) is 74.2 Å². The molecule has 2 N–H and O–H groups in total. The van der Waals surface area contributed by atoms with E-state index in [4.69, 9.17) is 10.3 Å². The van der Waals surface area contributed by atoms with Crippen molar-refractivity contribution in [2.45, 2.75) is 37.6 Å². The van der Waals surface area contributed by atoms with Crippen molar-refractivity contribution in [2.75, 3.05) is 0 Å². The number of nitrogens with two attached hydrogens (primary N) is 1. The van der Waals surface area contributed by atoms with Crippen LogP contribution in [0, 0.1) is 0 Å². The molecule has 0 bridgehead atoms. The third kappa shape index (κ3) is 4.73. The lowest BCUT2D eigenvalue weighted by molar-refractivity contribution is -0.274. The van der Waals surface area contributed by atoms with Crippen molar-refractivity contribution < 1.29 is 22.4 Å². The number of hydrogen-bond acceptors (Lipinski definition) is 5. The lowest BCUT2D eigenvalue weighted by Crippen LogP contribution is -2.34. The van der Waals surface area contributed by atoms with Gasteiger partial charge in [0.2, 0.25) is 0 Å². The third-order valence-corrected chi connectivity index (χ3v) is 3.93. The fraction of sp³-hybridized carbons (Fsp3) is 0.375. The van der Waals surface area contributed by atoms with Crippen LogP contribution < -0.4 is 10.5 Å². The van der Waals surface area contributed by atoms with Crippen molar-refractivity contribution in [1.82, 2.24) is 10.1 Å². The lowest BCUT2D eigenvalue weighted by atomic mass is 9.99. The van der Waals surface area contributed by atoms with Gasteiger partial charge >= 0.3 is 6.36 Å². The first-order valence-corrected chi connectivity index (χ1v) is 7.52. The maximum Gasteiger partial charge on any atom is 0.573 e. The summed E-state index contributed by atoms with van der Waals surface area (Å²) in [5.41, 5.74) is 5.91. The molecule has 1 fully saturated rings. The Labute approximate surface area is 148 Å². The molecule has 0 unspecified atom stereocenters. The monoisotopic (exact) mass is 375 g/mol. The molecule has 0 saturated heterocycles. The summed E-state index contributed by atoms with van der Waals surface area (Å²) in [4.78, 5) is 4.23. The summed E-state index contributed by atoms with van der Waals surface area (Å²) in [5, 5.41) is 3.89. The van der Waals surface area contributed by atoms with E-state index in [-0.39, 0.29) is 29.6 Å². The van der Waals surface area contributed by atoms with Gasteiger partial charge in [-0.05, 0) is 25.0 Å². The number of benzene rings is 1. The number of rotatable bonds is 4. The van der Waals surface area contributed by atoms with Crippen molar-refractivity contribution in [3.8, 4) is 5.75 Å². The Balaban J connectivity index is 0.00000225. The molecule has 0 atom stereocenters. The predicted molar refractivity (Wildman–Crippen MR) is 87.9 cm³/mol. The molecule has 1 saturated carbocycles. The minimum Gasteiger partial charge on any atom is -0.405 e. The largest absolute Gasteiger partial charge is 0.573 e. The molecular weight excluding hydrogens is 359 g/mol. The van der Waals surface area contributed by atoms with E-state index in [1.807, 2.05) is 0 Å². The van der Waals surface area contributed by atoms with Crippen LogP contribution in [0.4, 0.5) is 13.2 Å². The van der Waals surface area contributed by atoms with Crippen LogP contribution in [-0.4, -0.2) is 16.5 Å². The number of ether oxygens (including phenoxy) is 1. The first kappa shape index (κ1) is 19.3. The molecule has 1 heterocycles. The lowest BCUT2D eigenvalue weighted by Gasteiger charge is -2.17. The van der Waals surface area contributed by atoms with Gasteiger partial charge in [0, 0.05) is 11.6 Å². The van der Waals surface area contributed by atoms with E-state index in [0.29, 0.717) is 5.82 Å². The van der Waals surface area contributed by atoms with Crippen molar-refractivity contribution in [2.24, 2.45) is 5.73 Å². The molecule has 9 heteroatoms. The summed E-state index contributed by atoms with van der Waals surface area (Å²) in [6.45, 7) is 0. The van der Waals surface area contributed by atoms with Crippen molar-refractivity contribution in [1.29, 1.82) is 0 Å². The van der Waals surface area contributed by atoms with Crippen LogP contribution in [0.2, 0.25) is 0 Å². The quantitative estimate of drug-likeness (QED) is 0.862. The van der Waals surface area contributed by atoms with Gasteiger partial charge in [-0.3, -0.25) is 0 Å². The third-order valence-electron chi connectivity index (χ3n) is 3.93. The van der Waals surface area contributed by atoms with Crippen molar-refractivity contribution >= 4 is 24.6 Å². The van der Waals surface area contributed by atoms with Gasteiger partial charge in [0.1, 0.15) is 5.75 Å². The Bertz CT molecular complexity index is 740. The van der Waals surface area contributed by atoms with Gasteiger partial charge in [0.25, 0.3) is 5.89 Å². The highest BCUT2D eigenvalue weighted by molar-refractivity contribution is 5.85. The maximum absolute atomic E-state index is 12.4. The molecule has 1 aromatic heterocycles. The van der Waals surface area contributed by atoms with E-state index in [1.54, 1.807) is 6.07 Å². The highest BCUT2D eigenvalue weighted by Gasteiger charge is 2.35.